The maximum atomic E-state index is 13.6. The topological polar surface area (TPSA) is 0 Å². The van der Waals surface area contributed by atoms with Gasteiger partial charge in [0.25, 0.3) is 0 Å². The highest BCUT2D eigenvalue weighted by Gasteiger charge is 2.86. The molecule has 1 atom stereocenters. The number of rotatable bonds is 13. The van der Waals surface area contributed by atoms with Gasteiger partial charge in [-0.3, -0.25) is 0 Å². The van der Waals surface area contributed by atoms with E-state index in [1.165, 1.54) is 22.6 Å². The number of hydrogen-bond acceptors (Lipinski definition) is 0. The van der Waals surface area contributed by atoms with Crippen LogP contribution >= 0.6 is 22.6 Å². The number of unbranched alkanes of at least 4 members (excludes halogenated alkanes) is 6. The lowest BCUT2D eigenvalue weighted by Crippen LogP contribution is -2.66. The Morgan fingerprint density at radius 3 is 1.46 bits per heavy atom. The molecular formula is C16H22F11I. The lowest BCUT2D eigenvalue weighted by molar-refractivity contribution is -0.422. The molecule has 0 N–H and O–H groups in total. The van der Waals surface area contributed by atoms with Crippen LogP contribution in [-0.4, -0.2) is 33.8 Å². The molecule has 0 aromatic carbocycles. The number of alkyl halides is 12. The third-order valence-electron chi connectivity index (χ3n) is 4.20. The summed E-state index contributed by atoms with van der Waals surface area (Å²) in [4.78, 5) is 0. The minimum Gasteiger partial charge on any atom is -0.200 e. The molecule has 0 aromatic rings. The van der Waals surface area contributed by atoms with Crippen molar-refractivity contribution in [3.8, 4) is 0 Å². The molecule has 0 amide bonds. The van der Waals surface area contributed by atoms with Crippen LogP contribution in [0.15, 0.2) is 0 Å². The summed E-state index contributed by atoms with van der Waals surface area (Å²) in [5.74, 6) is -27.3. The first-order valence-electron chi connectivity index (χ1n) is 8.67. The zero-order valence-corrected chi connectivity index (χ0v) is 17.1. The molecule has 0 spiro atoms. The van der Waals surface area contributed by atoms with Gasteiger partial charge in [-0.25, -0.2) is 0 Å². The molecule has 0 nitrogen and oxygen atoms in total. The summed E-state index contributed by atoms with van der Waals surface area (Å²) in [5.41, 5.74) is 0. The minimum atomic E-state index is -7.31. The van der Waals surface area contributed by atoms with Crippen LogP contribution in [0.25, 0.3) is 0 Å². The smallest absolute Gasteiger partial charge is 0.200 e. The summed E-state index contributed by atoms with van der Waals surface area (Å²) in [6, 6.07) is 0. The van der Waals surface area contributed by atoms with Gasteiger partial charge in [0.05, 0.1) is 0 Å². The SMILES string of the molecule is CCCCCCCCCC(I)CC(F)(F)C(F)(F)C(F)(F)C(F)(F)C(F)(F)F. The third kappa shape index (κ3) is 6.48. The fraction of sp³-hybridized carbons (Fsp3) is 1.00. The van der Waals surface area contributed by atoms with Crippen molar-refractivity contribution in [3.63, 3.8) is 0 Å². The summed E-state index contributed by atoms with van der Waals surface area (Å²) in [6.45, 7) is 2.00. The summed E-state index contributed by atoms with van der Waals surface area (Å²) in [5, 5.41) is 0. The summed E-state index contributed by atoms with van der Waals surface area (Å²) in [7, 11) is 0. The van der Waals surface area contributed by atoms with Crippen LogP contribution in [-0.2, 0) is 0 Å². The van der Waals surface area contributed by atoms with E-state index in [4.69, 9.17) is 0 Å². The predicted octanol–water partition coefficient (Wildman–Crippen LogP) is 8.42. The highest BCUT2D eigenvalue weighted by molar-refractivity contribution is 14.1. The van der Waals surface area contributed by atoms with Crippen LogP contribution < -0.4 is 0 Å². The van der Waals surface area contributed by atoms with Gasteiger partial charge < -0.3 is 0 Å². The van der Waals surface area contributed by atoms with Crippen molar-refractivity contribution in [3.05, 3.63) is 0 Å². The molecule has 0 rings (SSSR count). The van der Waals surface area contributed by atoms with E-state index >= 15 is 0 Å². The first kappa shape index (κ1) is 28.0. The Hall–Kier alpha value is -0.0400. The van der Waals surface area contributed by atoms with Crippen molar-refractivity contribution in [2.75, 3.05) is 0 Å². The monoisotopic (exact) mass is 550 g/mol. The highest BCUT2D eigenvalue weighted by Crippen LogP contribution is 2.58. The van der Waals surface area contributed by atoms with E-state index in [-0.39, 0.29) is 6.42 Å². The second kappa shape index (κ2) is 10.3. The van der Waals surface area contributed by atoms with Crippen molar-refractivity contribution in [2.45, 2.75) is 98.5 Å². The maximum absolute atomic E-state index is 13.6. The van der Waals surface area contributed by atoms with E-state index in [0.29, 0.717) is 12.8 Å². The van der Waals surface area contributed by atoms with Crippen LogP contribution in [0.4, 0.5) is 48.3 Å². The first-order chi connectivity index (χ1) is 12.5. The van der Waals surface area contributed by atoms with Gasteiger partial charge in [-0.15, -0.1) is 0 Å². The van der Waals surface area contributed by atoms with Gasteiger partial charge in [0.15, 0.2) is 0 Å². The van der Waals surface area contributed by atoms with Gasteiger partial charge in [0.1, 0.15) is 0 Å². The second-order valence-corrected chi connectivity index (χ2v) is 8.40. The molecule has 0 aromatic heterocycles. The first-order valence-corrected chi connectivity index (χ1v) is 9.92. The Bertz CT molecular complexity index is 460. The average Bonchev–Trinajstić information content (AvgIpc) is 2.51. The lowest BCUT2D eigenvalue weighted by Gasteiger charge is -2.37. The normalized spacial score (nSPS) is 15.8. The Balaban J connectivity index is 4.93. The van der Waals surface area contributed by atoms with Gasteiger partial charge in [0.2, 0.25) is 0 Å². The lowest BCUT2D eigenvalue weighted by atomic mass is 9.94. The molecule has 0 aliphatic carbocycles. The zero-order valence-electron chi connectivity index (χ0n) is 15.0. The summed E-state index contributed by atoms with van der Waals surface area (Å²) in [6.07, 6.45) is -3.61. The third-order valence-corrected chi connectivity index (χ3v) is 5.27. The van der Waals surface area contributed by atoms with E-state index < -0.39 is 40.2 Å². The van der Waals surface area contributed by atoms with Crippen molar-refractivity contribution >= 4 is 22.6 Å². The number of halogens is 12. The molecule has 0 saturated carbocycles. The van der Waals surface area contributed by atoms with Gasteiger partial charge in [0, 0.05) is 10.3 Å². The van der Waals surface area contributed by atoms with Crippen LogP contribution in [0.1, 0.15) is 64.7 Å². The van der Waals surface area contributed by atoms with Crippen molar-refractivity contribution < 1.29 is 48.3 Å². The molecule has 0 heterocycles. The van der Waals surface area contributed by atoms with Crippen molar-refractivity contribution in [1.29, 1.82) is 0 Å². The molecule has 0 radical (unpaired) electrons. The van der Waals surface area contributed by atoms with E-state index in [0.717, 1.165) is 32.1 Å². The summed E-state index contributed by atoms with van der Waals surface area (Å²) < 4.78 is 141. The molecule has 0 aliphatic rings. The minimum absolute atomic E-state index is 0.0821. The van der Waals surface area contributed by atoms with Crippen LogP contribution in [0.3, 0.4) is 0 Å². The molecule has 0 aliphatic heterocycles. The Morgan fingerprint density at radius 1 is 0.607 bits per heavy atom. The Morgan fingerprint density at radius 2 is 1.04 bits per heavy atom. The van der Waals surface area contributed by atoms with Gasteiger partial charge in [-0.2, -0.15) is 48.3 Å². The second-order valence-electron chi connectivity index (χ2n) is 6.64. The van der Waals surface area contributed by atoms with E-state index in [1.54, 1.807) is 0 Å². The van der Waals surface area contributed by atoms with Crippen LogP contribution in [0.2, 0.25) is 0 Å². The quantitative estimate of drug-likeness (QED) is 0.0935. The maximum Gasteiger partial charge on any atom is 0.460 e. The molecule has 28 heavy (non-hydrogen) atoms. The molecule has 0 saturated heterocycles. The molecule has 1 unspecified atom stereocenters. The van der Waals surface area contributed by atoms with E-state index in [1.807, 2.05) is 6.92 Å². The fourth-order valence-electron chi connectivity index (χ4n) is 2.44. The van der Waals surface area contributed by atoms with E-state index in [9.17, 15) is 48.3 Å². The molecule has 12 heteroatoms. The number of hydrogen-bond donors (Lipinski definition) is 0. The summed E-state index contributed by atoms with van der Waals surface area (Å²) >= 11 is 1.28. The fourth-order valence-corrected chi connectivity index (χ4v) is 3.43. The highest BCUT2D eigenvalue weighted by atomic mass is 127. The van der Waals surface area contributed by atoms with Gasteiger partial charge in [-0.1, -0.05) is 74.5 Å². The van der Waals surface area contributed by atoms with Crippen LogP contribution in [0, 0.1) is 0 Å². The van der Waals surface area contributed by atoms with Gasteiger partial charge >= 0.3 is 29.9 Å². The van der Waals surface area contributed by atoms with E-state index in [2.05, 4.69) is 0 Å². The standard InChI is InChI=1S/C16H22F11I/c1-2-3-4-5-6-7-8-9-11(28)10-12(17,18)13(19,20)14(21,22)15(23,24)16(25,26)27/h11H,2-10H2,1H3. The Kier molecular flexibility index (Phi) is 10.3. The molecule has 0 fully saturated rings. The van der Waals surface area contributed by atoms with Crippen molar-refractivity contribution in [1.82, 2.24) is 0 Å². The zero-order chi connectivity index (χ0) is 22.4. The van der Waals surface area contributed by atoms with Gasteiger partial charge in [-0.05, 0) is 6.42 Å². The largest absolute Gasteiger partial charge is 0.460 e. The Labute approximate surface area is 169 Å². The average molecular weight is 550 g/mol. The van der Waals surface area contributed by atoms with Crippen LogP contribution in [0.5, 0.6) is 0 Å². The molecular weight excluding hydrogens is 528 g/mol. The van der Waals surface area contributed by atoms with Crippen molar-refractivity contribution in [2.24, 2.45) is 0 Å². The molecule has 0 bridgehead atoms. The predicted molar refractivity (Wildman–Crippen MR) is 90.9 cm³/mol. The molecule has 170 valence electrons.